The minimum absolute atomic E-state index is 0.179. The molecule has 0 unspecified atom stereocenters. The van der Waals surface area contributed by atoms with E-state index in [4.69, 9.17) is 4.74 Å². The van der Waals surface area contributed by atoms with Crippen molar-refractivity contribution in [3.05, 3.63) is 23.3 Å². The molecule has 0 amide bonds. The third-order valence-corrected chi connectivity index (χ3v) is 5.12. The van der Waals surface area contributed by atoms with Crippen LogP contribution in [0.2, 0.25) is 0 Å². The van der Waals surface area contributed by atoms with Gasteiger partial charge in [0.25, 0.3) is 0 Å². The molecule has 4 aliphatic rings. The summed E-state index contributed by atoms with van der Waals surface area (Å²) in [6.45, 7) is 0. The van der Waals surface area contributed by atoms with Crippen molar-refractivity contribution < 1.29 is 14.3 Å². The summed E-state index contributed by atoms with van der Waals surface area (Å²) in [5, 5.41) is 0. The molecule has 1 aliphatic heterocycles. The molecular weight excluding hydrogens is 228 g/mol. The van der Waals surface area contributed by atoms with E-state index in [1.165, 1.54) is 24.0 Å². The van der Waals surface area contributed by atoms with Gasteiger partial charge >= 0.3 is 11.9 Å². The third-order valence-electron chi connectivity index (χ3n) is 5.12. The van der Waals surface area contributed by atoms with E-state index in [0.717, 1.165) is 19.3 Å². The van der Waals surface area contributed by atoms with Gasteiger partial charge < -0.3 is 4.74 Å². The molecule has 94 valence electrons. The van der Waals surface area contributed by atoms with Crippen molar-refractivity contribution in [2.45, 2.75) is 32.1 Å². The Hall–Kier alpha value is -1.38. The average Bonchev–Trinajstić information content (AvgIpc) is 2.95. The molecule has 1 saturated carbocycles. The second kappa shape index (κ2) is 3.56. The quantitative estimate of drug-likeness (QED) is 0.485. The smallest absolute Gasteiger partial charge is 0.318 e. The molecule has 0 aromatic carbocycles. The van der Waals surface area contributed by atoms with E-state index in [-0.39, 0.29) is 35.6 Å². The van der Waals surface area contributed by atoms with E-state index in [1.54, 1.807) is 0 Å². The highest BCUT2D eigenvalue weighted by Gasteiger charge is 2.56. The number of carbonyl (C=O) groups excluding carboxylic acids is 2. The van der Waals surface area contributed by atoms with Gasteiger partial charge in [0.15, 0.2) is 0 Å². The Morgan fingerprint density at radius 3 is 2.67 bits per heavy atom. The Labute approximate surface area is 106 Å². The van der Waals surface area contributed by atoms with Gasteiger partial charge in [-0.3, -0.25) is 9.59 Å². The summed E-state index contributed by atoms with van der Waals surface area (Å²) in [5.74, 6) is -0.424. The summed E-state index contributed by atoms with van der Waals surface area (Å²) >= 11 is 0. The number of rotatable bonds is 0. The second-order valence-corrected chi connectivity index (χ2v) is 5.87. The van der Waals surface area contributed by atoms with Crippen molar-refractivity contribution in [3.8, 4) is 0 Å². The highest BCUT2D eigenvalue weighted by Crippen LogP contribution is 2.54. The number of hydrogen-bond acceptors (Lipinski definition) is 3. The summed E-state index contributed by atoms with van der Waals surface area (Å²) in [5.41, 5.74) is 2.81. The van der Waals surface area contributed by atoms with Crippen LogP contribution in [0.1, 0.15) is 32.1 Å². The van der Waals surface area contributed by atoms with Gasteiger partial charge in [-0.2, -0.15) is 0 Å². The number of hydrogen-bond donors (Lipinski definition) is 0. The van der Waals surface area contributed by atoms with Crippen LogP contribution < -0.4 is 0 Å². The molecular formula is C15H16O3. The van der Waals surface area contributed by atoms with Gasteiger partial charge in [-0.25, -0.2) is 0 Å². The van der Waals surface area contributed by atoms with Gasteiger partial charge in [-0.15, -0.1) is 0 Å². The molecule has 2 fully saturated rings. The second-order valence-electron chi connectivity index (χ2n) is 5.87. The van der Waals surface area contributed by atoms with Gasteiger partial charge in [0, 0.05) is 5.92 Å². The van der Waals surface area contributed by atoms with Crippen LogP contribution in [0.4, 0.5) is 0 Å². The first-order valence-electron chi connectivity index (χ1n) is 6.92. The van der Waals surface area contributed by atoms with E-state index >= 15 is 0 Å². The molecule has 0 aromatic heterocycles. The first-order valence-corrected chi connectivity index (χ1v) is 6.92. The van der Waals surface area contributed by atoms with Crippen LogP contribution in [0.5, 0.6) is 0 Å². The SMILES string of the molecule is O=C1OC(=O)[C@H]2[C@@H]1[C@@H]1CC=CC1=C1CCCC[C@@H]12. The third kappa shape index (κ3) is 1.20. The minimum atomic E-state index is -0.277. The molecule has 1 saturated heterocycles. The van der Waals surface area contributed by atoms with Gasteiger partial charge in [0.05, 0.1) is 11.8 Å². The molecule has 4 rings (SSSR count). The fourth-order valence-corrected chi connectivity index (χ4v) is 4.43. The highest BCUT2D eigenvalue weighted by molar-refractivity contribution is 5.98. The Balaban J connectivity index is 1.86. The van der Waals surface area contributed by atoms with Crippen molar-refractivity contribution in [3.63, 3.8) is 0 Å². The fraction of sp³-hybridized carbons (Fsp3) is 0.600. The lowest BCUT2D eigenvalue weighted by molar-refractivity contribution is -0.154. The summed E-state index contributed by atoms with van der Waals surface area (Å²) in [4.78, 5) is 23.9. The zero-order valence-corrected chi connectivity index (χ0v) is 10.2. The molecule has 0 spiro atoms. The van der Waals surface area contributed by atoms with Gasteiger partial charge in [-0.05, 0) is 37.2 Å². The molecule has 4 atom stereocenters. The van der Waals surface area contributed by atoms with Crippen molar-refractivity contribution in [2.24, 2.45) is 23.7 Å². The molecule has 18 heavy (non-hydrogen) atoms. The summed E-state index contributed by atoms with van der Waals surface area (Å²) < 4.78 is 4.93. The lowest BCUT2D eigenvalue weighted by Gasteiger charge is -2.39. The number of cyclic esters (lactones) is 2. The topological polar surface area (TPSA) is 43.4 Å². The van der Waals surface area contributed by atoms with E-state index < -0.39 is 0 Å². The maximum atomic E-state index is 12.0. The summed E-state index contributed by atoms with van der Waals surface area (Å²) in [7, 11) is 0. The predicted octanol–water partition coefficient (Wildman–Crippen LogP) is 2.38. The zero-order valence-electron chi connectivity index (χ0n) is 10.2. The molecule has 0 N–H and O–H groups in total. The van der Waals surface area contributed by atoms with Crippen LogP contribution >= 0.6 is 0 Å². The van der Waals surface area contributed by atoms with Crippen molar-refractivity contribution >= 4 is 11.9 Å². The summed E-state index contributed by atoms with van der Waals surface area (Å²) in [6, 6.07) is 0. The Morgan fingerprint density at radius 1 is 1.06 bits per heavy atom. The van der Waals surface area contributed by atoms with Crippen LogP contribution in [0.15, 0.2) is 23.3 Å². The average molecular weight is 244 g/mol. The van der Waals surface area contributed by atoms with Crippen LogP contribution in [0.25, 0.3) is 0 Å². The Morgan fingerprint density at radius 2 is 1.83 bits per heavy atom. The number of esters is 2. The summed E-state index contributed by atoms with van der Waals surface area (Å²) in [6.07, 6.45) is 9.77. The van der Waals surface area contributed by atoms with Gasteiger partial charge in [-0.1, -0.05) is 24.1 Å². The van der Waals surface area contributed by atoms with E-state index in [9.17, 15) is 9.59 Å². The lowest BCUT2D eigenvalue weighted by atomic mass is 9.61. The van der Waals surface area contributed by atoms with Gasteiger partial charge in [0.2, 0.25) is 0 Å². The van der Waals surface area contributed by atoms with Gasteiger partial charge in [0.1, 0.15) is 0 Å². The number of carbonyl (C=O) groups is 2. The van der Waals surface area contributed by atoms with Crippen molar-refractivity contribution in [1.29, 1.82) is 0 Å². The molecule has 1 heterocycles. The lowest BCUT2D eigenvalue weighted by Crippen LogP contribution is -2.38. The highest BCUT2D eigenvalue weighted by atomic mass is 16.6. The Kier molecular flexibility index (Phi) is 2.08. The molecule has 3 heteroatoms. The molecule has 0 bridgehead atoms. The predicted molar refractivity (Wildman–Crippen MR) is 64.3 cm³/mol. The molecule has 0 aromatic rings. The normalized spacial score (nSPS) is 41.6. The van der Waals surface area contributed by atoms with E-state index in [1.807, 2.05) is 0 Å². The standard InChI is InChI=1S/C15H16O3/c16-14-12-10-5-2-1-4-8(10)9-6-3-7-11(9)13(12)15(17)18-14/h3,6,10-13H,1-2,4-5,7H2/t10-,11+,12+,13-/m0/s1. The molecule has 3 nitrogen and oxygen atoms in total. The van der Waals surface area contributed by atoms with Crippen LogP contribution in [-0.2, 0) is 14.3 Å². The van der Waals surface area contributed by atoms with Crippen LogP contribution in [0, 0.1) is 23.7 Å². The maximum Gasteiger partial charge on any atom is 0.318 e. The number of allylic oxidation sites excluding steroid dienone is 4. The first-order chi connectivity index (χ1) is 8.77. The Bertz CT molecular complexity index is 500. The van der Waals surface area contributed by atoms with Crippen LogP contribution in [0.3, 0.4) is 0 Å². The monoisotopic (exact) mass is 244 g/mol. The number of ether oxygens (including phenoxy) is 1. The van der Waals surface area contributed by atoms with E-state index in [2.05, 4.69) is 12.2 Å². The minimum Gasteiger partial charge on any atom is -0.393 e. The first kappa shape index (κ1) is 10.5. The van der Waals surface area contributed by atoms with Crippen LogP contribution in [-0.4, -0.2) is 11.9 Å². The van der Waals surface area contributed by atoms with E-state index in [0.29, 0.717) is 0 Å². The van der Waals surface area contributed by atoms with Crippen molar-refractivity contribution in [2.75, 3.05) is 0 Å². The zero-order chi connectivity index (χ0) is 12.3. The molecule has 3 aliphatic carbocycles. The largest absolute Gasteiger partial charge is 0.393 e. The fourth-order valence-electron chi connectivity index (χ4n) is 4.43. The van der Waals surface area contributed by atoms with Crippen molar-refractivity contribution in [1.82, 2.24) is 0 Å². The number of fused-ring (bicyclic) bond motifs is 5. The molecule has 0 radical (unpaired) electrons. The maximum absolute atomic E-state index is 12.0.